The monoisotopic (exact) mass is 275 g/mol. The van der Waals surface area contributed by atoms with E-state index < -0.39 is 0 Å². The Hall–Kier alpha value is -1.59. The van der Waals surface area contributed by atoms with E-state index in [1.165, 1.54) is 0 Å². The van der Waals surface area contributed by atoms with Crippen molar-refractivity contribution in [3.8, 4) is 0 Å². The van der Waals surface area contributed by atoms with Crippen LogP contribution in [-0.4, -0.2) is 35.2 Å². The van der Waals surface area contributed by atoms with Crippen molar-refractivity contribution in [2.24, 2.45) is 0 Å². The number of fused-ring (bicyclic) bond motifs is 1. The van der Waals surface area contributed by atoms with Crippen LogP contribution in [0.3, 0.4) is 0 Å². The molecule has 1 aliphatic rings. The Kier molecular flexibility index (Phi) is 3.63. The normalized spacial score (nSPS) is 24.3. The number of rotatable bonds is 3. The van der Waals surface area contributed by atoms with Gasteiger partial charge in [0.05, 0.1) is 24.9 Å². The van der Waals surface area contributed by atoms with Gasteiger partial charge in [-0.05, 0) is 25.5 Å². The first-order valence-corrected chi connectivity index (χ1v) is 7.17. The Morgan fingerprint density at radius 3 is 3.05 bits per heavy atom. The van der Waals surface area contributed by atoms with Crippen molar-refractivity contribution >= 4 is 16.8 Å². The number of nitrogens with two attached hydrogens (primary N) is 1. The van der Waals surface area contributed by atoms with Gasteiger partial charge in [0.1, 0.15) is 5.52 Å². The third-order valence-corrected chi connectivity index (χ3v) is 3.89. The summed E-state index contributed by atoms with van der Waals surface area (Å²) in [6.45, 7) is 6.68. The average Bonchev–Trinajstić information content (AvgIpc) is 2.83. The first-order valence-electron chi connectivity index (χ1n) is 7.17. The lowest BCUT2D eigenvalue weighted by Crippen LogP contribution is -2.47. The van der Waals surface area contributed by atoms with Gasteiger partial charge in [-0.15, -0.1) is 0 Å². The number of hydrogen-bond acceptors (Lipinski definition) is 5. The standard InChI is InChI=1S/C15H21N3O2/c1-3-11-9-19-10(2)7-18(11)8-14-17-15-12(16)5-4-6-13(15)20-14/h4-6,10-11H,3,7-9,16H2,1-2H3. The number of hydrogen-bond donors (Lipinski definition) is 1. The van der Waals surface area contributed by atoms with E-state index in [1.54, 1.807) is 0 Å². The van der Waals surface area contributed by atoms with E-state index >= 15 is 0 Å². The molecular weight excluding hydrogens is 254 g/mol. The Morgan fingerprint density at radius 1 is 1.45 bits per heavy atom. The van der Waals surface area contributed by atoms with Gasteiger partial charge in [-0.1, -0.05) is 13.0 Å². The summed E-state index contributed by atoms with van der Waals surface area (Å²) >= 11 is 0. The van der Waals surface area contributed by atoms with E-state index in [9.17, 15) is 0 Å². The highest BCUT2D eigenvalue weighted by atomic mass is 16.5. The lowest BCUT2D eigenvalue weighted by molar-refractivity contribution is -0.0614. The summed E-state index contributed by atoms with van der Waals surface area (Å²) in [5.41, 5.74) is 8.11. The van der Waals surface area contributed by atoms with Gasteiger partial charge in [-0.2, -0.15) is 0 Å². The highest BCUT2D eigenvalue weighted by Gasteiger charge is 2.26. The second-order valence-corrected chi connectivity index (χ2v) is 5.44. The van der Waals surface area contributed by atoms with Crippen molar-refractivity contribution in [2.45, 2.75) is 39.0 Å². The molecule has 2 atom stereocenters. The third-order valence-electron chi connectivity index (χ3n) is 3.89. The maximum absolute atomic E-state index is 5.92. The van der Waals surface area contributed by atoms with Gasteiger partial charge in [-0.3, -0.25) is 4.90 Å². The van der Waals surface area contributed by atoms with Crippen molar-refractivity contribution in [1.82, 2.24) is 9.88 Å². The number of para-hydroxylation sites is 1. The maximum Gasteiger partial charge on any atom is 0.209 e. The summed E-state index contributed by atoms with van der Waals surface area (Å²) in [4.78, 5) is 6.91. The number of nitrogens with zero attached hydrogens (tertiary/aromatic N) is 2. The van der Waals surface area contributed by atoms with E-state index in [4.69, 9.17) is 14.9 Å². The van der Waals surface area contributed by atoms with Crippen molar-refractivity contribution < 1.29 is 9.15 Å². The maximum atomic E-state index is 5.92. The molecule has 1 aromatic heterocycles. The second kappa shape index (κ2) is 5.42. The molecule has 3 rings (SSSR count). The minimum atomic E-state index is 0.257. The van der Waals surface area contributed by atoms with Gasteiger partial charge >= 0.3 is 0 Å². The van der Waals surface area contributed by atoms with E-state index in [2.05, 4.69) is 23.7 Å². The minimum absolute atomic E-state index is 0.257. The molecule has 0 aliphatic carbocycles. The molecule has 0 radical (unpaired) electrons. The van der Waals surface area contributed by atoms with Crippen molar-refractivity contribution in [3.63, 3.8) is 0 Å². The molecule has 2 unspecified atom stereocenters. The summed E-state index contributed by atoms with van der Waals surface area (Å²) < 4.78 is 11.5. The number of benzene rings is 1. The number of aromatic nitrogens is 1. The molecule has 20 heavy (non-hydrogen) atoms. The first-order chi connectivity index (χ1) is 9.67. The zero-order valence-electron chi connectivity index (χ0n) is 12.0. The van der Waals surface area contributed by atoms with Crippen LogP contribution in [-0.2, 0) is 11.3 Å². The van der Waals surface area contributed by atoms with E-state index in [0.29, 0.717) is 18.3 Å². The van der Waals surface area contributed by atoms with Gasteiger partial charge in [0.25, 0.3) is 0 Å². The molecule has 1 aromatic carbocycles. The molecule has 0 saturated carbocycles. The fourth-order valence-electron chi connectivity index (χ4n) is 2.74. The zero-order valence-corrected chi connectivity index (χ0v) is 12.0. The molecule has 0 spiro atoms. The number of morpholine rings is 1. The van der Waals surface area contributed by atoms with Crippen LogP contribution in [0.1, 0.15) is 26.2 Å². The van der Waals surface area contributed by atoms with E-state index in [-0.39, 0.29) is 6.10 Å². The lowest BCUT2D eigenvalue weighted by Gasteiger charge is -2.37. The van der Waals surface area contributed by atoms with Gasteiger partial charge < -0.3 is 14.9 Å². The number of anilines is 1. The smallest absolute Gasteiger partial charge is 0.209 e. The molecule has 1 saturated heterocycles. The van der Waals surface area contributed by atoms with Crippen LogP contribution in [0.15, 0.2) is 22.6 Å². The predicted molar refractivity (Wildman–Crippen MR) is 78.3 cm³/mol. The molecule has 2 heterocycles. The SMILES string of the molecule is CCC1COC(C)CN1Cc1nc2c(N)cccc2o1. The fourth-order valence-corrected chi connectivity index (χ4v) is 2.74. The summed E-state index contributed by atoms with van der Waals surface area (Å²) in [6, 6.07) is 6.07. The Labute approximate surface area is 118 Å². The van der Waals surface area contributed by atoms with Crippen LogP contribution in [0, 0.1) is 0 Å². The Morgan fingerprint density at radius 2 is 2.30 bits per heavy atom. The minimum Gasteiger partial charge on any atom is -0.439 e. The van der Waals surface area contributed by atoms with Gasteiger partial charge in [0, 0.05) is 12.6 Å². The number of nitrogen functional groups attached to an aromatic ring is 1. The van der Waals surface area contributed by atoms with Gasteiger partial charge in [-0.25, -0.2) is 4.98 Å². The molecule has 1 aliphatic heterocycles. The molecule has 1 fully saturated rings. The Bertz CT molecular complexity index is 596. The molecule has 2 aromatic rings. The van der Waals surface area contributed by atoms with Crippen molar-refractivity contribution in [3.05, 3.63) is 24.1 Å². The largest absolute Gasteiger partial charge is 0.439 e. The third kappa shape index (κ3) is 2.51. The van der Waals surface area contributed by atoms with Crippen LogP contribution in [0.25, 0.3) is 11.1 Å². The van der Waals surface area contributed by atoms with Crippen LogP contribution >= 0.6 is 0 Å². The highest BCUT2D eigenvalue weighted by Crippen LogP contribution is 2.23. The van der Waals surface area contributed by atoms with Crippen LogP contribution < -0.4 is 5.73 Å². The van der Waals surface area contributed by atoms with Crippen LogP contribution in [0.2, 0.25) is 0 Å². The summed E-state index contributed by atoms with van der Waals surface area (Å²) in [7, 11) is 0. The molecule has 5 heteroatoms. The quantitative estimate of drug-likeness (QED) is 0.871. The van der Waals surface area contributed by atoms with Crippen molar-refractivity contribution in [1.29, 1.82) is 0 Å². The number of oxazole rings is 1. The molecule has 108 valence electrons. The summed E-state index contributed by atoms with van der Waals surface area (Å²) in [6.07, 6.45) is 1.32. The summed E-state index contributed by atoms with van der Waals surface area (Å²) in [5.74, 6) is 0.727. The fraction of sp³-hybridized carbons (Fsp3) is 0.533. The average molecular weight is 275 g/mol. The van der Waals surface area contributed by atoms with Crippen molar-refractivity contribution in [2.75, 3.05) is 18.9 Å². The zero-order chi connectivity index (χ0) is 14.1. The number of ether oxygens (including phenoxy) is 1. The van der Waals surface area contributed by atoms with Crippen LogP contribution in [0.4, 0.5) is 5.69 Å². The van der Waals surface area contributed by atoms with Gasteiger partial charge in [0.15, 0.2) is 5.58 Å². The van der Waals surface area contributed by atoms with E-state index in [1.807, 2.05) is 18.2 Å². The molecule has 5 nitrogen and oxygen atoms in total. The van der Waals surface area contributed by atoms with Crippen LogP contribution in [0.5, 0.6) is 0 Å². The first kappa shape index (κ1) is 13.4. The summed E-state index contributed by atoms with van der Waals surface area (Å²) in [5, 5.41) is 0. The molecule has 0 amide bonds. The molecule has 0 bridgehead atoms. The van der Waals surface area contributed by atoms with E-state index in [0.717, 1.165) is 36.6 Å². The second-order valence-electron chi connectivity index (χ2n) is 5.44. The topological polar surface area (TPSA) is 64.5 Å². The molecular formula is C15H21N3O2. The molecule has 2 N–H and O–H groups in total. The highest BCUT2D eigenvalue weighted by molar-refractivity contribution is 5.85. The lowest BCUT2D eigenvalue weighted by atomic mass is 10.1. The predicted octanol–water partition coefficient (Wildman–Crippen LogP) is 2.41. The van der Waals surface area contributed by atoms with Gasteiger partial charge in [0.2, 0.25) is 5.89 Å². The Balaban J connectivity index is 1.82.